The van der Waals surface area contributed by atoms with Crippen LogP contribution in [0.3, 0.4) is 0 Å². The Labute approximate surface area is 149 Å². The van der Waals surface area contributed by atoms with Gasteiger partial charge in [-0.3, -0.25) is 9.88 Å². The quantitative estimate of drug-likeness (QED) is 0.725. The van der Waals surface area contributed by atoms with Crippen LogP contribution in [0.2, 0.25) is 0 Å². The minimum atomic E-state index is -0.276. The molecule has 3 heterocycles. The van der Waals surface area contributed by atoms with Crippen LogP contribution < -0.4 is 5.32 Å². The summed E-state index contributed by atoms with van der Waals surface area (Å²) in [6, 6.07) is -0.276. The average molecular weight is 354 g/mol. The predicted molar refractivity (Wildman–Crippen MR) is 95.9 cm³/mol. The van der Waals surface area contributed by atoms with E-state index in [1.807, 2.05) is 6.20 Å². The van der Waals surface area contributed by atoms with Crippen molar-refractivity contribution in [2.75, 3.05) is 5.32 Å². The van der Waals surface area contributed by atoms with Crippen LogP contribution in [0.4, 0.5) is 9.93 Å². The van der Waals surface area contributed by atoms with E-state index in [1.165, 1.54) is 22.2 Å². The molecule has 4 rings (SSSR count). The minimum absolute atomic E-state index is 0.115. The smallest absolute Gasteiger partial charge is 0.283 e. The van der Waals surface area contributed by atoms with Gasteiger partial charge in [-0.2, -0.15) is 0 Å². The van der Waals surface area contributed by atoms with Crippen LogP contribution in [0.25, 0.3) is 10.6 Å². The van der Waals surface area contributed by atoms with Crippen molar-refractivity contribution in [3.8, 4) is 10.6 Å². The molecule has 0 spiro atoms. The monoisotopic (exact) mass is 354 g/mol. The standard InChI is InChI=1S/C17H18N6OS/c1-17(2,3)14-19-8-10-4-5-11-13(12(10)21-14)25-15(20-11)22-16(24)23-7-6-18-9-23/h6-9H,4-5H2,1-3H3,(H,20,22,24). The number of aryl methyl sites for hydroxylation is 2. The van der Waals surface area contributed by atoms with Crippen LogP contribution in [0.5, 0.6) is 0 Å². The van der Waals surface area contributed by atoms with Gasteiger partial charge in [-0.1, -0.05) is 32.1 Å². The van der Waals surface area contributed by atoms with Crippen LogP contribution >= 0.6 is 11.3 Å². The number of imidazole rings is 1. The molecule has 1 N–H and O–H groups in total. The molecule has 1 aliphatic carbocycles. The highest BCUT2D eigenvalue weighted by Crippen LogP contribution is 2.39. The molecule has 25 heavy (non-hydrogen) atoms. The first kappa shape index (κ1) is 15.9. The van der Waals surface area contributed by atoms with Crippen molar-refractivity contribution in [1.29, 1.82) is 0 Å². The zero-order valence-electron chi connectivity index (χ0n) is 14.3. The Bertz CT molecular complexity index is 939. The molecule has 1 amide bonds. The van der Waals surface area contributed by atoms with E-state index in [2.05, 4.69) is 41.0 Å². The Morgan fingerprint density at radius 2 is 2.12 bits per heavy atom. The third kappa shape index (κ3) is 2.93. The molecular weight excluding hydrogens is 336 g/mol. The van der Waals surface area contributed by atoms with Crippen molar-refractivity contribution < 1.29 is 4.79 Å². The van der Waals surface area contributed by atoms with Crippen molar-refractivity contribution in [2.24, 2.45) is 0 Å². The van der Waals surface area contributed by atoms with Gasteiger partial charge < -0.3 is 0 Å². The highest BCUT2D eigenvalue weighted by atomic mass is 32.1. The van der Waals surface area contributed by atoms with Gasteiger partial charge in [0.15, 0.2) is 5.13 Å². The number of aromatic nitrogens is 5. The molecule has 0 radical (unpaired) electrons. The van der Waals surface area contributed by atoms with E-state index in [1.54, 1.807) is 12.4 Å². The predicted octanol–water partition coefficient (Wildman–Crippen LogP) is 3.27. The van der Waals surface area contributed by atoms with Gasteiger partial charge in [-0.15, -0.1) is 0 Å². The molecule has 0 aromatic carbocycles. The molecule has 0 fully saturated rings. The number of amides is 1. The van der Waals surface area contributed by atoms with Crippen molar-refractivity contribution in [3.05, 3.63) is 42.0 Å². The molecule has 0 saturated carbocycles. The fraction of sp³-hybridized carbons (Fsp3) is 0.353. The highest BCUT2D eigenvalue weighted by molar-refractivity contribution is 7.19. The maximum Gasteiger partial charge on any atom is 0.333 e. The van der Waals surface area contributed by atoms with E-state index in [9.17, 15) is 4.79 Å². The molecule has 0 aliphatic heterocycles. The molecule has 3 aromatic rings. The summed E-state index contributed by atoms with van der Waals surface area (Å²) in [5.41, 5.74) is 2.95. The van der Waals surface area contributed by atoms with E-state index in [-0.39, 0.29) is 11.4 Å². The number of carbonyl (C=O) groups excluding carboxylic acids is 1. The van der Waals surface area contributed by atoms with E-state index in [0.717, 1.165) is 40.5 Å². The number of fused-ring (bicyclic) bond motifs is 3. The fourth-order valence-electron chi connectivity index (χ4n) is 2.70. The van der Waals surface area contributed by atoms with Crippen molar-refractivity contribution in [1.82, 2.24) is 24.5 Å². The molecule has 128 valence electrons. The zero-order chi connectivity index (χ0) is 17.6. The van der Waals surface area contributed by atoms with Gasteiger partial charge in [-0.05, 0) is 18.4 Å². The summed E-state index contributed by atoms with van der Waals surface area (Å²) >= 11 is 1.46. The second-order valence-corrected chi connectivity index (χ2v) is 8.01. The van der Waals surface area contributed by atoms with Crippen LogP contribution in [-0.4, -0.2) is 30.5 Å². The Hall–Kier alpha value is -2.61. The zero-order valence-corrected chi connectivity index (χ0v) is 15.1. The molecule has 0 bridgehead atoms. The molecule has 1 aliphatic rings. The number of nitrogens with zero attached hydrogens (tertiary/aromatic N) is 5. The van der Waals surface area contributed by atoms with Crippen LogP contribution in [0.15, 0.2) is 24.9 Å². The number of rotatable bonds is 1. The molecule has 3 aromatic heterocycles. The highest BCUT2D eigenvalue weighted by Gasteiger charge is 2.26. The number of anilines is 1. The molecule has 0 unspecified atom stereocenters. The summed E-state index contributed by atoms with van der Waals surface area (Å²) in [6.07, 6.45) is 8.24. The average Bonchev–Trinajstić information content (AvgIpc) is 3.22. The first-order valence-corrected chi connectivity index (χ1v) is 8.89. The van der Waals surface area contributed by atoms with Gasteiger partial charge in [0.05, 0.1) is 16.3 Å². The first-order valence-electron chi connectivity index (χ1n) is 8.07. The topological polar surface area (TPSA) is 85.6 Å². The lowest BCUT2D eigenvalue weighted by molar-refractivity contribution is 0.253. The number of thiazole rings is 1. The third-order valence-electron chi connectivity index (χ3n) is 4.03. The van der Waals surface area contributed by atoms with Gasteiger partial charge in [0.25, 0.3) is 0 Å². The lowest BCUT2D eigenvalue weighted by Gasteiger charge is -2.20. The van der Waals surface area contributed by atoms with Gasteiger partial charge in [0.1, 0.15) is 12.2 Å². The molecule has 8 heteroatoms. The summed E-state index contributed by atoms with van der Waals surface area (Å²) in [5, 5.41) is 3.40. The van der Waals surface area contributed by atoms with E-state index < -0.39 is 0 Å². The number of carbonyl (C=O) groups is 1. The summed E-state index contributed by atoms with van der Waals surface area (Å²) in [7, 11) is 0. The van der Waals surface area contributed by atoms with Crippen LogP contribution in [0.1, 0.15) is 37.9 Å². The molecule has 0 atom stereocenters. The van der Waals surface area contributed by atoms with E-state index in [4.69, 9.17) is 4.98 Å². The summed E-state index contributed by atoms with van der Waals surface area (Å²) < 4.78 is 1.38. The van der Waals surface area contributed by atoms with Crippen molar-refractivity contribution in [3.63, 3.8) is 0 Å². The fourth-order valence-corrected chi connectivity index (χ4v) is 3.72. The van der Waals surface area contributed by atoms with E-state index >= 15 is 0 Å². The molecule has 0 saturated heterocycles. The Morgan fingerprint density at radius 1 is 1.28 bits per heavy atom. The maximum absolute atomic E-state index is 12.2. The number of hydrogen-bond donors (Lipinski definition) is 1. The second kappa shape index (κ2) is 5.73. The summed E-state index contributed by atoms with van der Waals surface area (Å²) in [6.45, 7) is 6.30. The Morgan fingerprint density at radius 3 is 2.84 bits per heavy atom. The number of hydrogen-bond acceptors (Lipinski definition) is 6. The van der Waals surface area contributed by atoms with Crippen LogP contribution in [-0.2, 0) is 18.3 Å². The molecular formula is C17H18N6OS. The second-order valence-electron chi connectivity index (χ2n) is 7.01. The Kier molecular flexibility index (Phi) is 3.64. The SMILES string of the molecule is CC(C)(C)c1ncc2c(n1)-c1sc(NC(=O)n3ccnc3)nc1CC2. The van der Waals surface area contributed by atoms with Gasteiger partial charge in [-0.25, -0.2) is 24.7 Å². The normalized spacial score (nSPS) is 13.2. The maximum atomic E-state index is 12.2. The third-order valence-corrected chi connectivity index (χ3v) is 5.05. The van der Waals surface area contributed by atoms with Crippen LogP contribution in [0, 0.1) is 0 Å². The lowest BCUT2D eigenvalue weighted by Crippen LogP contribution is -2.18. The minimum Gasteiger partial charge on any atom is -0.283 e. The number of nitrogens with one attached hydrogen (secondary N) is 1. The van der Waals surface area contributed by atoms with Gasteiger partial charge in [0, 0.05) is 24.0 Å². The van der Waals surface area contributed by atoms with Crippen molar-refractivity contribution >= 4 is 22.5 Å². The van der Waals surface area contributed by atoms with E-state index in [0.29, 0.717) is 5.13 Å². The molecule has 7 nitrogen and oxygen atoms in total. The first-order chi connectivity index (χ1) is 11.9. The van der Waals surface area contributed by atoms with Gasteiger partial charge in [0.2, 0.25) is 0 Å². The van der Waals surface area contributed by atoms with Gasteiger partial charge >= 0.3 is 6.03 Å². The summed E-state index contributed by atoms with van der Waals surface area (Å²) in [5.74, 6) is 0.816. The van der Waals surface area contributed by atoms with Crippen molar-refractivity contribution in [2.45, 2.75) is 39.0 Å². The Balaban J connectivity index is 1.68. The summed E-state index contributed by atoms with van der Waals surface area (Å²) in [4.78, 5) is 31.0. The largest absolute Gasteiger partial charge is 0.333 e. The lowest BCUT2D eigenvalue weighted by atomic mass is 9.94.